The summed E-state index contributed by atoms with van der Waals surface area (Å²) in [5, 5.41) is 4.29. The lowest BCUT2D eigenvalue weighted by atomic mass is 10.2. The van der Waals surface area contributed by atoms with Crippen molar-refractivity contribution >= 4 is 55.0 Å². The maximum Gasteiger partial charge on any atom is 0.418 e. The van der Waals surface area contributed by atoms with E-state index in [9.17, 15) is 13.2 Å². The van der Waals surface area contributed by atoms with Crippen molar-refractivity contribution < 1.29 is 13.2 Å². The van der Waals surface area contributed by atoms with Crippen LogP contribution >= 0.6 is 33.9 Å². The predicted molar refractivity (Wildman–Crippen MR) is 79.7 cm³/mol. The van der Waals surface area contributed by atoms with Gasteiger partial charge in [-0.2, -0.15) is 18.3 Å². The summed E-state index contributed by atoms with van der Waals surface area (Å²) in [6.45, 7) is 3.56. The first-order valence-electron chi connectivity index (χ1n) is 5.21. The van der Waals surface area contributed by atoms with E-state index in [0.717, 1.165) is 23.1 Å². The monoisotopic (exact) mass is 399 g/mol. The maximum absolute atomic E-state index is 12.9. The minimum Gasteiger partial charge on any atom is -0.253 e. The van der Waals surface area contributed by atoms with Crippen LogP contribution in [-0.2, 0) is 6.18 Å². The fraction of sp³-hybridized carbons (Fsp3) is 0.273. The number of halogens is 4. The van der Waals surface area contributed by atoms with Crippen LogP contribution in [0.1, 0.15) is 19.4 Å². The van der Waals surface area contributed by atoms with E-state index in [4.69, 9.17) is 0 Å². The summed E-state index contributed by atoms with van der Waals surface area (Å²) in [6.07, 6.45) is -4.41. The third-order valence-electron chi connectivity index (χ3n) is 2.14. The molecular formula is C11H9F3IN3S. The molecule has 2 rings (SSSR count). The number of thiazole rings is 1. The zero-order valence-corrected chi connectivity index (χ0v) is 12.9. The second-order valence-electron chi connectivity index (χ2n) is 3.99. The number of nitrogens with one attached hydrogen (secondary N) is 1. The van der Waals surface area contributed by atoms with Crippen LogP contribution in [-0.4, -0.2) is 10.7 Å². The van der Waals surface area contributed by atoms with Crippen LogP contribution in [0.4, 0.5) is 18.3 Å². The first kappa shape index (κ1) is 14.5. The number of alkyl halides is 3. The molecule has 1 N–H and O–H groups in total. The van der Waals surface area contributed by atoms with Crippen LogP contribution in [0.5, 0.6) is 0 Å². The van der Waals surface area contributed by atoms with Crippen molar-refractivity contribution in [2.24, 2.45) is 5.10 Å². The number of anilines is 1. The van der Waals surface area contributed by atoms with E-state index in [1.165, 1.54) is 0 Å². The van der Waals surface area contributed by atoms with Crippen molar-refractivity contribution in [1.82, 2.24) is 4.98 Å². The Bertz CT molecular complexity index is 644. The van der Waals surface area contributed by atoms with Gasteiger partial charge in [-0.1, -0.05) is 11.3 Å². The topological polar surface area (TPSA) is 37.3 Å². The van der Waals surface area contributed by atoms with Gasteiger partial charge < -0.3 is 0 Å². The fourth-order valence-electron chi connectivity index (χ4n) is 1.42. The van der Waals surface area contributed by atoms with E-state index < -0.39 is 11.7 Å². The van der Waals surface area contributed by atoms with E-state index in [1.54, 1.807) is 19.9 Å². The zero-order valence-electron chi connectivity index (χ0n) is 9.97. The lowest BCUT2D eigenvalue weighted by molar-refractivity contribution is -0.136. The molecule has 0 atom stereocenters. The van der Waals surface area contributed by atoms with Gasteiger partial charge in [0, 0.05) is 9.28 Å². The quantitative estimate of drug-likeness (QED) is 0.451. The van der Waals surface area contributed by atoms with Gasteiger partial charge in [-0.3, -0.25) is 5.43 Å². The van der Waals surface area contributed by atoms with E-state index >= 15 is 0 Å². The van der Waals surface area contributed by atoms with Crippen LogP contribution < -0.4 is 5.43 Å². The summed E-state index contributed by atoms with van der Waals surface area (Å²) in [5.74, 6) is 0. The molecule has 0 fully saturated rings. The second kappa shape index (κ2) is 5.23. The minimum absolute atomic E-state index is 0.0376. The largest absolute Gasteiger partial charge is 0.418 e. The van der Waals surface area contributed by atoms with Crippen molar-refractivity contribution in [3.63, 3.8) is 0 Å². The molecule has 8 heteroatoms. The van der Waals surface area contributed by atoms with E-state index in [0.29, 0.717) is 13.4 Å². The van der Waals surface area contributed by atoms with Crippen molar-refractivity contribution in [3.8, 4) is 0 Å². The average Bonchev–Trinajstić information content (AvgIpc) is 2.66. The summed E-state index contributed by atoms with van der Waals surface area (Å²) in [7, 11) is 0. The Morgan fingerprint density at radius 3 is 2.63 bits per heavy atom. The standard InChI is InChI=1S/C11H9F3IN3S/c1-5(2)17-18-10-16-9-7(11(12,13)14)3-6(15)4-8(9)19-10/h3-4H,1-2H3,(H,16,18). The highest BCUT2D eigenvalue weighted by Gasteiger charge is 2.34. The molecule has 102 valence electrons. The van der Waals surface area contributed by atoms with Gasteiger partial charge in [0.1, 0.15) is 0 Å². The Kier molecular flexibility index (Phi) is 4.00. The summed E-state index contributed by atoms with van der Waals surface area (Å²) < 4.78 is 39.8. The summed E-state index contributed by atoms with van der Waals surface area (Å²) in [5.41, 5.74) is 2.68. The van der Waals surface area contributed by atoms with Crippen LogP contribution in [0.2, 0.25) is 0 Å². The SMILES string of the molecule is CC(C)=NNc1nc2c(C(F)(F)F)cc(I)cc2s1. The Morgan fingerprint density at radius 1 is 1.37 bits per heavy atom. The fourth-order valence-corrected chi connectivity index (χ4v) is 3.13. The molecule has 0 bridgehead atoms. The molecule has 0 aliphatic rings. The van der Waals surface area contributed by atoms with Gasteiger partial charge >= 0.3 is 6.18 Å². The highest BCUT2D eigenvalue weighted by atomic mass is 127. The molecule has 0 unspecified atom stereocenters. The predicted octanol–water partition coefficient (Wildman–Crippen LogP) is 4.73. The minimum atomic E-state index is -4.41. The molecule has 0 radical (unpaired) electrons. The average molecular weight is 399 g/mol. The van der Waals surface area contributed by atoms with Crippen LogP contribution in [0.3, 0.4) is 0 Å². The Morgan fingerprint density at radius 2 is 2.05 bits per heavy atom. The molecule has 0 saturated heterocycles. The summed E-state index contributed by atoms with van der Waals surface area (Å²) >= 11 is 3.02. The van der Waals surface area contributed by atoms with Crippen LogP contribution in [0.15, 0.2) is 17.2 Å². The highest BCUT2D eigenvalue weighted by molar-refractivity contribution is 14.1. The number of aromatic nitrogens is 1. The number of benzene rings is 1. The van der Waals surface area contributed by atoms with Gasteiger partial charge in [-0.25, -0.2) is 4.98 Å². The zero-order chi connectivity index (χ0) is 14.2. The second-order valence-corrected chi connectivity index (χ2v) is 6.26. The van der Waals surface area contributed by atoms with E-state index in [2.05, 4.69) is 15.5 Å². The van der Waals surface area contributed by atoms with Gasteiger partial charge in [-0.05, 0) is 48.6 Å². The number of hydrogen-bond acceptors (Lipinski definition) is 4. The lowest BCUT2D eigenvalue weighted by Gasteiger charge is -2.07. The first-order valence-corrected chi connectivity index (χ1v) is 7.11. The normalized spacial score (nSPS) is 11.7. The molecule has 1 heterocycles. The third kappa shape index (κ3) is 3.35. The van der Waals surface area contributed by atoms with Gasteiger partial charge in [0.15, 0.2) is 0 Å². The smallest absolute Gasteiger partial charge is 0.253 e. The van der Waals surface area contributed by atoms with Crippen molar-refractivity contribution in [2.45, 2.75) is 20.0 Å². The number of hydrogen-bond donors (Lipinski definition) is 1. The van der Waals surface area contributed by atoms with Crippen LogP contribution in [0.25, 0.3) is 10.2 Å². The molecule has 1 aromatic carbocycles. The summed E-state index contributed by atoms with van der Waals surface area (Å²) in [4.78, 5) is 3.97. The number of fused-ring (bicyclic) bond motifs is 1. The molecular weight excluding hydrogens is 390 g/mol. The maximum atomic E-state index is 12.9. The molecule has 0 saturated carbocycles. The van der Waals surface area contributed by atoms with Crippen molar-refractivity contribution in [1.29, 1.82) is 0 Å². The molecule has 1 aromatic heterocycles. The van der Waals surface area contributed by atoms with Gasteiger partial charge in [0.25, 0.3) is 0 Å². The summed E-state index contributed by atoms with van der Waals surface area (Å²) in [6, 6.07) is 2.78. The highest BCUT2D eigenvalue weighted by Crippen LogP contribution is 2.38. The third-order valence-corrected chi connectivity index (χ3v) is 3.67. The number of nitrogens with zero attached hydrogens (tertiary/aromatic N) is 2. The lowest BCUT2D eigenvalue weighted by Crippen LogP contribution is -2.06. The molecule has 2 aromatic rings. The Balaban J connectivity index is 2.55. The van der Waals surface area contributed by atoms with Crippen molar-refractivity contribution in [3.05, 3.63) is 21.3 Å². The number of hydrazone groups is 1. The Hall–Kier alpha value is -0.900. The van der Waals surface area contributed by atoms with E-state index in [-0.39, 0.29) is 5.52 Å². The molecule has 19 heavy (non-hydrogen) atoms. The van der Waals surface area contributed by atoms with Gasteiger partial charge in [0.05, 0.1) is 15.8 Å². The van der Waals surface area contributed by atoms with Gasteiger partial charge in [0.2, 0.25) is 5.13 Å². The molecule has 0 aliphatic heterocycles. The van der Waals surface area contributed by atoms with Gasteiger partial charge in [-0.15, -0.1) is 0 Å². The molecule has 0 spiro atoms. The Labute approximate surface area is 125 Å². The van der Waals surface area contributed by atoms with E-state index in [1.807, 2.05) is 22.6 Å². The van der Waals surface area contributed by atoms with Crippen LogP contribution in [0, 0.1) is 3.57 Å². The van der Waals surface area contributed by atoms with Crippen molar-refractivity contribution in [2.75, 3.05) is 5.43 Å². The number of rotatable bonds is 2. The molecule has 0 amide bonds. The molecule has 0 aliphatic carbocycles. The first-order chi connectivity index (χ1) is 8.77. The molecule has 3 nitrogen and oxygen atoms in total.